The molecule has 34 heavy (non-hydrogen) atoms. The number of ether oxygens (including phenoxy) is 1. The molecule has 3 rings (SSSR count). The second-order valence-corrected chi connectivity index (χ2v) is 9.23. The number of urea groups is 1. The minimum absolute atomic E-state index is 0.206. The Morgan fingerprint density at radius 2 is 1.82 bits per heavy atom. The number of hydrogen-bond acceptors (Lipinski definition) is 6. The summed E-state index contributed by atoms with van der Waals surface area (Å²) in [4.78, 5) is 32.0. The maximum atomic E-state index is 13.4. The van der Waals surface area contributed by atoms with Crippen LogP contribution >= 0.6 is 23.5 Å². The summed E-state index contributed by atoms with van der Waals surface area (Å²) in [6, 6.07) is 10.7. The van der Waals surface area contributed by atoms with Gasteiger partial charge in [0.1, 0.15) is 16.5 Å². The van der Waals surface area contributed by atoms with Gasteiger partial charge >= 0.3 is 6.03 Å². The van der Waals surface area contributed by atoms with Gasteiger partial charge in [0.15, 0.2) is 0 Å². The lowest BCUT2D eigenvalue weighted by Crippen LogP contribution is -2.29. The number of thioether (sulfide) groups is 2. The molecule has 0 aliphatic carbocycles. The lowest BCUT2D eigenvalue weighted by molar-refractivity contribution is 0.262. The number of pyridine rings is 2. The Labute approximate surface area is 208 Å². The van der Waals surface area contributed by atoms with Crippen molar-refractivity contribution >= 4 is 40.9 Å². The van der Waals surface area contributed by atoms with E-state index in [1.165, 1.54) is 23.5 Å². The Morgan fingerprint density at radius 1 is 1.09 bits per heavy atom. The van der Waals surface area contributed by atoms with Crippen molar-refractivity contribution in [1.29, 1.82) is 0 Å². The van der Waals surface area contributed by atoms with E-state index in [1.807, 2.05) is 55.8 Å². The monoisotopic (exact) mass is 498 g/mol. The Bertz CT molecular complexity index is 1200. The standard InChI is InChI=1S/C25H30N4O3S2/c1-6-7-13-29-14-12-18(17-10-8-9-11-19(17)32-3)21(24(29)30)27-25(31)28-22-20(33-4)15-16(2)26-23(22)34-5/h8-12,14-15H,6-7,13H2,1-5H3,(H2,27,28,31). The number of aryl methyl sites for hydroxylation is 2. The van der Waals surface area contributed by atoms with Gasteiger partial charge in [-0.15, -0.1) is 23.5 Å². The highest BCUT2D eigenvalue weighted by atomic mass is 32.2. The van der Waals surface area contributed by atoms with Crippen LogP contribution in [0.4, 0.5) is 16.2 Å². The van der Waals surface area contributed by atoms with Crippen molar-refractivity contribution < 1.29 is 9.53 Å². The summed E-state index contributed by atoms with van der Waals surface area (Å²) in [7, 11) is 1.58. The van der Waals surface area contributed by atoms with Crippen molar-refractivity contribution in [3.05, 3.63) is 58.6 Å². The van der Waals surface area contributed by atoms with E-state index >= 15 is 0 Å². The number of amides is 2. The van der Waals surface area contributed by atoms with Crippen LogP contribution in [0.25, 0.3) is 11.1 Å². The zero-order chi connectivity index (χ0) is 24.7. The van der Waals surface area contributed by atoms with Crippen molar-refractivity contribution in [2.24, 2.45) is 0 Å². The lowest BCUT2D eigenvalue weighted by atomic mass is 10.0. The van der Waals surface area contributed by atoms with Crippen molar-refractivity contribution in [3.8, 4) is 16.9 Å². The normalized spacial score (nSPS) is 10.7. The van der Waals surface area contributed by atoms with Crippen LogP contribution in [0.1, 0.15) is 25.5 Å². The molecular weight excluding hydrogens is 468 g/mol. The van der Waals surface area contributed by atoms with E-state index in [4.69, 9.17) is 4.74 Å². The molecule has 0 aliphatic rings. The third-order valence-electron chi connectivity index (χ3n) is 5.28. The molecule has 0 bridgehead atoms. The summed E-state index contributed by atoms with van der Waals surface area (Å²) < 4.78 is 7.14. The van der Waals surface area contributed by atoms with E-state index < -0.39 is 6.03 Å². The molecule has 0 spiro atoms. The smallest absolute Gasteiger partial charge is 0.323 e. The molecule has 2 heterocycles. The summed E-state index contributed by atoms with van der Waals surface area (Å²) in [5, 5.41) is 6.47. The van der Waals surface area contributed by atoms with Crippen molar-refractivity contribution in [3.63, 3.8) is 0 Å². The zero-order valence-corrected chi connectivity index (χ0v) is 21.7. The van der Waals surface area contributed by atoms with Gasteiger partial charge in [-0.25, -0.2) is 9.78 Å². The minimum Gasteiger partial charge on any atom is -0.496 e. The molecule has 0 fully saturated rings. The average Bonchev–Trinajstić information content (AvgIpc) is 2.85. The molecule has 0 atom stereocenters. The summed E-state index contributed by atoms with van der Waals surface area (Å²) in [5.41, 5.74) is 2.78. The average molecular weight is 499 g/mol. The summed E-state index contributed by atoms with van der Waals surface area (Å²) in [6.07, 6.45) is 7.45. The molecule has 0 saturated carbocycles. The Balaban J connectivity index is 2.04. The number of carbonyl (C=O) groups is 1. The largest absolute Gasteiger partial charge is 0.496 e. The van der Waals surface area contributed by atoms with E-state index in [2.05, 4.69) is 22.5 Å². The maximum Gasteiger partial charge on any atom is 0.323 e. The first-order valence-electron chi connectivity index (χ1n) is 11.0. The second-order valence-electron chi connectivity index (χ2n) is 7.59. The van der Waals surface area contributed by atoms with Crippen LogP contribution in [0.15, 0.2) is 57.3 Å². The molecule has 0 radical (unpaired) electrons. The zero-order valence-electron chi connectivity index (χ0n) is 20.1. The summed E-state index contributed by atoms with van der Waals surface area (Å²) >= 11 is 2.99. The second kappa shape index (κ2) is 12.0. The van der Waals surface area contributed by atoms with E-state index in [9.17, 15) is 9.59 Å². The maximum absolute atomic E-state index is 13.4. The van der Waals surface area contributed by atoms with E-state index in [0.29, 0.717) is 23.5 Å². The molecule has 0 aliphatic heterocycles. The van der Waals surface area contributed by atoms with E-state index in [1.54, 1.807) is 17.9 Å². The Kier molecular flexibility index (Phi) is 9.06. The molecule has 0 saturated heterocycles. The van der Waals surface area contributed by atoms with E-state index in [0.717, 1.165) is 34.0 Å². The fraction of sp³-hybridized carbons (Fsp3) is 0.320. The van der Waals surface area contributed by atoms with Crippen LogP contribution in [-0.4, -0.2) is 35.2 Å². The third kappa shape index (κ3) is 5.77. The number of methoxy groups -OCH3 is 1. The molecule has 1 aromatic carbocycles. The highest BCUT2D eigenvalue weighted by molar-refractivity contribution is 7.99. The number of para-hydroxylation sites is 1. The molecular formula is C25H30N4O3S2. The summed E-state index contributed by atoms with van der Waals surface area (Å²) in [5.74, 6) is 0.619. The van der Waals surface area contributed by atoms with Crippen LogP contribution in [0.2, 0.25) is 0 Å². The molecule has 2 N–H and O–H groups in total. The fourth-order valence-electron chi connectivity index (χ4n) is 3.59. The van der Waals surface area contributed by atoms with Gasteiger partial charge in [-0.05, 0) is 44.1 Å². The highest BCUT2D eigenvalue weighted by Gasteiger charge is 2.19. The first-order chi connectivity index (χ1) is 16.4. The number of hydrogen-bond donors (Lipinski definition) is 2. The predicted molar refractivity (Wildman–Crippen MR) is 143 cm³/mol. The van der Waals surface area contributed by atoms with Gasteiger partial charge in [0.05, 0.1) is 12.8 Å². The van der Waals surface area contributed by atoms with Crippen LogP contribution in [0.5, 0.6) is 5.75 Å². The summed E-state index contributed by atoms with van der Waals surface area (Å²) in [6.45, 7) is 4.57. The van der Waals surface area contributed by atoms with Gasteiger partial charge in [-0.3, -0.25) is 4.79 Å². The van der Waals surface area contributed by atoms with Crippen LogP contribution in [-0.2, 0) is 6.54 Å². The predicted octanol–water partition coefficient (Wildman–Crippen LogP) is 6.12. The minimum atomic E-state index is -0.502. The highest BCUT2D eigenvalue weighted by Crippen LogP contribution is 2.35. The Hall–Kier alpha value is -2.91. The molecule has 3 aromatic rings. The van der Waals surface area contributed by atoms with Crippen LogP contribution in [0, 0.1) is 6.92 Å². The number of carbonyl (C=O) groups excluding carboxylic acids is 1. The first kappa shape index (κ1) is 25.7. The topological polar surface area (TPSA) is 85.2 Å². The SMILES string of the molecule is CCCCn1ccc(-c2ccccc2OC)c(NC(=O)Nc2c(SC)cc(C)nc2SC)c1=O. The van der Waals surface area contributed by atoms with Gasteiger partial charge < -0.3 is 19.9 Å². The van der Waals surface area contributed by atoms with E-state index in [-0.39, 0.29) is 11.2 Å². The van der Waals surface area contributed by atoms with Gasteiger partial charge in [0.2, 0.25) is 0 Å². The fourth-order valence-corrected chi connectivity index (χ4v) is 4.89. The molecule has 2 aromatic heterocycles. The number of unbranched alkanes of at least 4 members (excludes halogenated alkanes) is 1. The number of nitrogens with one attached hydrogen (secondary N) is 2. The number of benzene rings is 1. The number of aromatic nitrogens is 2. The van der Waals surface area contributed by atoms with Gasteiger partial charge in [-0.2, -0.15) is 0 Å². The van der Waals surface area contributed by atoms with Crippen LogP contribution in [0.3, 0.4) is 0 Å². The number of nitrogens with zero attached hydrogens (tertiary/aromatic N) is 2. The number of rotatable bonds is 9. The lowest BCUT2D eigenvalue weighted by Gasteiger charge is -2.18. The molecule has 9 heteroatoms. The molecule has 180 valence electrons. The van der Waals surface area contributed by atoms with Gasteiger partial charge in [-0.1, -0.05) is 31.5 Å². The van der Waals surface area contributed by atoms with Crippen molar-refractivity contribution in [2.75, 3.05) is 30.3 Å². The van der Waals surface area contributed by atoms with Crippen LogP contribution < -0.4 is 20.9 Å². The quantitative estimate of drug-likeness (QED) is 0.346. The van der Waals surface area contributed by atoms with Gasteiger partial charge in [0, 0.05) is 34.5 Å². The third-order valence-corrected chi connectivity index (χ3v) is 6.73. The Morgan fingerprint density at radius 3 is 2.50 bits per heavy atom. The first-order valence-corrected chi connectivity index (χ1v) is 13.4. The molecule has 7 nitrogen and oxygen atoms in total. The number of anilines is 2. The van der Waals surface area contributed by atoms with Crippen molar-refractivity contribution in [1.82, 2.24) is 9.55 Å². The van der Waals surface area contributed by atoms with Crippen molar-refractivity contribution in [2.45, 2.75) is 43.2 Å². The molecule has 2 amide bonds. The van der Waals surface area contributed by atoms with Gasteiger partial charge in [0.25, 0.3) is 5.56 Å². The molecule has 0 unspecified atom stereocenters.